The van der Waals surface area contributed by atoms with Gasteiger partial charge in [-0.05, 0) is 29.4 Å². The van der Waals surface area contributed by atoms with Crippen molar-refractivity contribution in [3.05, 3.63) is 41.5 Å². The topological polar surface area (TPSA) is 37.3 Å². The van der Waals surface area contributed by atoms with Crippen LogP contribution >= 0.6 is 11.8 Å². The lowest BCUT2D eigenvalue weighted by Crippen LogP contribution is -1.89. The van der Waals surface area contributed by atoms with Crippen molar-refractivity contribution in [3.63, 3.8) is 0 Å². The lowest BCUT2D eigenvalue weighted by Gasteiger charge is -2.04. The first-order valence-corrected chi connectivity index (χ1v) is 6.46. The van der Waals surface area contributed by atoms with Crippen molar-refractivity contribution in [2.45, 2.75) is 19.1 Å². The minimum atomic E-state index is -0.906. The van der Waals surface area contributed by atoms with Crippen LogP contribution in [0.15, 0.2) is 30.3 Å². The molecule has 1 N–H and O–H groups in total. The third-order valence-electron chi connectivity index (χ3n) is 2.07. The molecule has 1 aromatic rings. The van der Waals surface area contributed by atoms with E-state index >= 15 is 0 Å². The summed E-state index contributed by atoms with van der Waals surface area (Å²) in [5, 5.41) is 8.59. The van der Waals surface area contributed by atoms with Gasteiger partial charge in [-0.3, -0.25) is 0 Å². The van der Waals surface area contributed by atoms with E-state index in [-0.39, 0.29) is 0 Å². The van der Waals surface area contributed by atoms with Crippen LogP contribution in [0.2, 0.25) is 0 Å². The van der Waals surface area contributed by atoms with Crippen molar-refractivity contribution in [3.8, 4) is 0 Å². The third kappa shape index (κ3) is 4.53. The molecule has 86 valence electrons. The number of carboxylic acid groups (broad SMARTS) is 1. The monoisotopic (exact) mass is 236 g/mol. The van der Waals surface area contributed by atoms with Crippen LogP contribution in [-0.2, 0) is 10.5 Å². The zero-order valence-electron chi connectivity index (χ0n) is 9.35. The molecule has 2 nitrogen and oxygen atoms in total. The molecule has 0 saturated carbocycles. The first-order chi connectivity index (χ1) is 7.74. The number of aliphatic carboxylic acids is 1. The molecule has 0 bridgehead atoms. The van der Waals surface area contributed by atoms with Crippen LogP contribution in [0.1, 0.15) is 24.5 Å². The van der Waals surface area contributed by atoms with Gasteiger partial charge in [0, 0.05) is 11.8 Å². The number of benzene rings is 1. The molecule has 0 heterocycles. The fourth-order valence-corrected chi connectivity index (χ4v) is 2.23. The standard InChI is InChI=1S/C13H16O2S/c1-2-9-16-10-12-6-4-3-5-11(12)7-8-13(14)15/h3-8H,2,9-10H2,1H3,(H,14,15)/b8-7+. The summed E-state index contributed by atoms with van der Waals surface area (Å²) in [7, 11) is 0. The van der Waals surface area contributed by atoms with Crippen molar-refractivity contribution in [1.82, 2.24) is 0 Å². The third-order valence-corrected chi connectivity index (χ3v) is 3.28. The van der Waals surface area contributed by atoms with Crippen LogP contribution < -0.4 is 0 Å². The Labute approximate surface area is 100 Å². The molecule has 0 atom stereocenters. The van der Waals surface area contributed by atoms with E-state index in [0.717, 1.165) is 23.5 Å². The Morgan fingerprint density at radius 1 is 1.44 bits per heavy atom. The largest absolute Gasteiger partial charge is 0.478 e. The van der Waals surface area contributed by atoms with Gasteiger partial charge < -0.3 is 5.11 Å². The molecule has 1 rings (SSSR count). The Hall–Kier alpha value is -1.22. The summed E-state index contributed by atoms with van der Waals surface area (Å²) in [6.45, 7) is 2.16. The molecular formula is C13H16O2S. The van der Waals surface area contributed by atoms with Crippen LogP contribution in [0.4, 0.5) is 0 Å². The zero-order valence-corrected chi connectivity index (χ0v) is 10.2. The Morgan fingerprint density at radius 2 is 2.19 bits per heavy atom. The molecule has 0 amide bonds. The highest BCUT2D eigenvalue weighted by atomic mass is 32.2. The van der Waals surface area contributed by atoms with Gasteiger partial charge in [-0.25, -0.2) is 4.79 Å². The lowest BCUT2D eigenvalue weighted by atomic mass is 10.1. The van der Waals surface area contributed by atoms with Gasteiger partial charge >= 0.3 is 5.97 Å². The van der Waals surface area contributed by atoms with E-state index < -0.39 is 5.97 Å². The summed E-state index contributed by atoms with van der Waals surface area (Å²) < 4.78 is 0. The van der Waals surface area contributed by atoms with Gasteiger partial charge in [-0.1, -0.05) is 31.2 Å². The summed E-state index contributed by atoms with van der Waals surface area (Å²) in [5.74, 6) is 1.17. The summed E-state index contributed by atoms with van der Waals surface area (Å²) in [5.41, 5.74) is 2.19. The zero-order chi connectivity index (χ0) is 11.8. The fraction of sp³-hybridized carbons (Fsp3) is 0.308. The Morgan fingerprint density at radius 3 is 2.88 bits per heavy atom. The van der Waals surface area contributed by atoms with Gasteiger partial charge in [0.1, 0.15) is 0 Å². The van der Waals surface area contributed by atoms with Gasteiger partial charge in [0.15, 0.2) is 0 Å². The molecule has 0 radical (unpaired) electrons. The average molecular weight is 236 g/mol. The average Bonchev–Trinajstić information content (AvgIpc) is 2.28. The van der Waals surface area contributed by atoms with Gasteiger partial charge in [-0.2, -0.15) is 11.8 Å². The Kier molecular flexibility index (Phi) is 5.72. The summed E-state index contributed by atoms with van der Waals surface area (Å²) in [6.07, 6.45) is 4.01. The smallest absolute Gasteiger partial charge is 0.328 e. The van der Waals surface area contributed by atoms with Crippen molar-refractivity contribution in [2.75, 3.05) is 5.75 Å². The molecule has 1 aromatic carbocycles. The predicted molar refractivity (Wildman–Crippen MR) is 69.6 cm³/mol. The van der Waals surface area contributed by atoms with Gasteiger partial charge in [0.05, 0.1) is 0 Å². The second-order valence-electron chi connectivity index (χ2n) is 3.42. The highest BCUT2D eigenvalue weighted by molar-refractivity contribution is 7.98. The van der Waals surface area contributed by atoms with Crippen LogP contribution in [0.3, 0.4) is 0 Å². The molecule has 16 heavy (non-hydrogen) atoms. The van der Waals surface area contributed by atoms with E-state index in [0.29, 0.717) is 0 Å². The quantitative estimate of drug-likeness (QED) is 0.607. The van der Waals surface area contributed by atoms with Gasteiger partial charge in [-0.15, -0.1) is 0 Å². The Balaban J connectivity index is 2.71. The summed E-state index contributed by atoms with van der Waals surface area (Å²) in [6, 6.07) is 7.90. The van der Waals surface area contributed by atoms with Crippen LogP contribution in [0.25, 0.3) is 6.08 Å². The van der Waals surface area contributed by atoms with Gasteiger partial charge in [0.25, 0.3) is 0 Å². The van der Waals surface area contributed by atoms with Gasteiger partial charge in [0.2, 0.25) is 0 Å². The van der Waals surface area contributed by atoms with E-state index in [9.17, 15) is 4.79 Å². The number of hydrogen-bond acceptors (Lipinski definition) is 2. The highest BCUT2D eigenvalue weighted by Gasteiger charge is 1.99. The molecule has 0 aliphatic rings. The molecule has 0 aromatic heterocycles. The first kappa shape index (κ1) is 12.8. The maximum absolute atomic E-state index is 10.5. The maximum Gasteiger partial charge on any atom is 0.328 e. The highest BCUT2D eigenvalue weighted by Crippen LogP contribution is 2.18. The van der Waals surface area contributed by atoms with Crippen LogP contribution in [0, 0.1) is 0 Å². The minimum absolute atomic E-state index is 0.906. The van der Waals surface area contributed by atoms with E-state index in [1.807, 2.05) is 36.0 Å². The number of thioether (sulfide) groups is 1. The number of carboxylic acids is 1. The second-order valence-corrected chi connectivity index (χ2v) is 4.53. The van der Waals surface area contributed by atoms with Crippen LogP contribution in [-0.4, -0.2) is 16.8 Å². The maximum atomic E-state index is 10.5. The summed E-state index contributed by atoms with van der Waals surface area (Å²) >= 11 is 1.87. The Bertz CT molecular complexity index is 372. The molecule has 0 fully saturated rings. The van der Waals surface area contributed by atoms with Crippen molar-refractivity contribution < 1.29 is 9.90 Å². The molecule has 0 aliphatic carbocycles. The normalized spacial score (nSPS) is 10.8. The minimum Gasteiger partial charge on any atom is -0.478 e. The molecule has 3 heteroatoms. The lowest BCUT2D eigenvalue weighted by molar-refractivity contribution is -0.131. The molecule has 0 unspecified atom stereocenters. The predicted octanol–water partition coefficient (Wildman–Crippen LogP) is 3.43. The first-order valence-electron chi connectivity index (χ1n) is 5.30. The molecule has 0 aliphatic heterocycles. The number of hydrogen-bond donors (Lipinski definition) is 1. The number of carbonyl (C=O) groups is 1. The van der Waals surface area contributed by atoms with Crippen molar-refractivity contribution in [1.29, 1.82) is 0 Å². The molecular weight excluding hydrogens is 220 g/mol. The van der Waals surface area contributed by atoms with E-state index in [1.165, 1.54) is 11.6 Å². The van der Waals surface area contributed by atoms with E-state index in [1.54, 1.807) is 6.08 Å². The molecule has 0 saturated heterocycles. The summed E-state index contributed by atoms with van der Waals surface area (Å²) in [4.78, 5) is 10.5. The second kappa shape index (κ2) is 7.12. The van der Waals surface area contributed by atoms with Crippen LogP contribution in [0.5, 0.6) is 0 Å². The molecule has 0 spiro atoms. The van der Waals surface area contributed by atoms with E-state index in [2.05, 4.69) is 6.92 Å². The van der Waals surface area contributed by atoms with E-state index in [4.69, 9.17) is 5.11 Å². The van der Waals surface area contributed by atoms with Crippen molar-refractivity contribution in [2.24, 2.45) is 0 Å². The fourth-order valence-electron chi connectivity index (χ4n) is 1.32. The SMILES string of the molecule is CCCSCc1ccccc1/C=C/C(=O)O. The van der Waals surface area contributed by atoms with Crippen molar-refractivity contribution >= 4 is 23.8 Å². The number of rotatable bonds is 6.